The lowest BCUT2D eigenvalue weighted by atomic mass is 10.1. The minimum atomic E-state index is -0.768. The van der Waals surface area contributed by atoms with E-state index in [2.05, 4.69) is 0 Å². The molecule has 0 radical (unpaired) electrons. The largest absolute Gasteiger partial charge is 0.395 e. The molecule has 0 unspecified atom stereocenters. The smallest absolute Gasteiger partial charge is 0.267 e. The summed E-state index contributed by atoms with van der Waals surface area (Å²) in [6.45, 7) is 0.406. The molecule has 0 heterocycles. The molecule has 0 aliphatic rings. The third-order valence-corrected chi connectivity index (χ3v) is 3.98. The van der Waals surface area contributed by atoms with Crippen molar-refractivity contribution in [2.45, 2.75) is 13.0 Å². The van der Waals surface area contributed by atoms with Crippen LogP contribution in [0.5, 0.6) is 0 Å². The van der Waals surface area contributed by atoms with Gasteiger partial charge in [0.15, 0.2) is 5.78 Å². The molecule has 0 bridgehead atoms. The molecule has 2 aromatic rings. The van der Waals surface area contributed by atoms with Gasteiger partial charge in [0.25, 0.3) is 11.8 Å². The van der Waals surface area contributed by atoms with Crippen molar-refractivity contribution in [3.63, 3.8) is 0 Å². The average molecular weight is 382 g/mol. The maximum atomic E-state index is 12.6. The molecule has 28 heavy (non-hydrogen) atoms. The Morgan fingerprint density at radius 2 is 1.57 bits per heavy atom. The van der Waals surface area contributed by atoms with Crippen LogP contribution in [0.4, 0.5) is 0 Å². The molecular formula is C21H22N2O5. The Morgan fingerprint density at radius 1 is 0.929 bits per heavy atom. The second-order valence-electron chi connectivity index (χ2n) is 6.09. The summed E-state index contributed by atoms with van der Waals surface area (Å²) in [5, 5.41) is 17.7. The highest BCUT2D eigenvalue weighted by Crippen LogP contribution is 2.12. The average Bonchev–Trinajstić information content (AvgIpc) is 2.73. The zero-order chi connectivity index (χ0) is 20.4. The molecule has 146 valence electrons. The number of hydrogen-bond acceptors (Lipinski definition) is 5. The van der Waals surface area contributed by atoms with Crippen LogP contribution >= 0.6 is 0 Å². The topological polar surface area (TPSA) is 107 Å². The first-order valence-electron chi connectivity index (χ1n) is 8.71. The van der Waals surface area contributed by atoms with Gasteiger partial charge in [0.2, 0.25) is 0 Å². The maximum Gasteiger partial charge on any atom is 0.267 e. The van der Waals surface area contributed by atoms with Crippen LogP contribution in [0.25, 0.3) is 0 Å². The highest BCUT2D eigenvalue weighted by Gasteiger charge is 2.15. The zero-order valence-corrected chi connectivity index (χ0v) is 15.2. The summed E-state index contributed by atoms with van der Waals surface area (Å²) in [5.74, 6) is -1.21. The van der Waals surface area contributed by atoms with Crippen LogP contribution < -0.4 is 5.48 Å². The van der Waals surface area contributed by atoms with E-state index >= 15 is 0 Å². The minimum Gasteiger partial charge on any atom is -0.395 e. The van der Waals surface area contributed by atoms with Crippen LogP contribution in [0.2, 0.25) is 0 Å². The number of aliphatic hydroxyl groups is 1. The number of allylic oxidation sites excluding steroid dienone is 1. The number of amides is 2. The van der Waals surface area contributed by atoms with Gasteiger partial charge in [0.05, 0.1) is 6.61 Å². The number of nitrogens with one attached hydrogen (secondary N) is 1. The molecule has 0 spiro atoms. The number of aliphatic hydroxyl groups excluding tert-OH is 1. The van der Waals surface area contributed by atoms with Gasteiger partial charge in [-0.25, -0.2) is 5.48 Å². The maximum absolute atomic E-state index is 12.6. The van der Waals surface area contributed by atoms with Gasteiger partial charge < -0.3 is 10.0 Å². The zero-order valence-electron chi connectivity index (χ0n) is 15.2. The Hall–Kier alpha value is -3.29. The lowest BCUT2D eigenvalue weighted by Gasteiger charge is -2.22. The Labute approximate surface area is 162 Å². The summed E-state index contributed by atoms with van der Waals surface area (Å²) in [5.41, 5.74) is 3.59. The van der Waals surface area contributed by atoms with Gasteiger partial charge in [-0.1, -0.05) is 42.5 Å². The third kappa shape index (κ3) is 6.46. The minimum absolute atomic E-state index is 0.110. The van der Waals surface area contributed by atoms with Crippen molar-refractivity contribution in [1.82, 2.24) is 10.4 Å². The van der Waals surface area contributed by atoms with Gasteiger partial charge in [0, 0.05) is 31.1 Å². The quantitative estimate of drug-likeness (QED) is 0.346. The molecule has 2 rings (SSSR count). The summed E-state index contributed by atoms with van der Waals surface area (Å²) in [6.07, 6.45) is 2.17. The van der Waals surface area contributed by atoms with Crippen molar-refractivity contribution in [2.75, 3.05) is 13.2 Å². The highest BCUT2D eigenvalue weighted by atomic mass is 16.5. The molecule has 0 aromatic heterocycles. The Balaban J connectivity index is 2.01. The van der Waals surface area contributed by atoms with Gasteiger partial charge in [0.1, 0.15) is 0 Å². The van der Waals surface area contributed by atoms with Crippen molar-refractivity contribution in [1.29, 1.82) is 0 Å². The van der Waals surface area contributed by atoms with Crippen LogP contribution in [-0.2, 0) is 22.6 Å². The van der Waals surface area contributed by atoms with Gasteiger partial charge in [-0.2, -0.15) is 0 Å². The molecular weight excluding hydrogens is 360 g/mol. The molecule has 0 aliphatic heterocycles. The van der Waals surface area contributed by atoms with Gasteiger partial charge >= 0.3 is 0 Å². The van der Waals surface area contributed by atoms with Crippen molar-refractivity contribution in [3.8, 4) is 0 Å². The number of hydroxylamine groups is 1. The van der Waals surface area contributed by atoms with E-state index in [9.17, 15) is 19.5 Å². The Morgan fingerprint density at radius 3 is 2.18 bits per heavy atom. The van der Waals surface area contributed by atoms with Crippen molar-refractivity contribution in [3.05, 3.63) is 83.4 Å². The van der Waals surface area contributed by atoms with E-state index < -0.39 is 5.91 Å². The van der Waals surface area contributed by atoms with E-state index in [1.807, 2.05) is 18.2 Å². The summed E-state index contributed by atoms with van der Waals surface area (Å²) in [4.78, 5) is 36.9. The first-order chi connectivity index (χ1) is 13.5. The van der Waals surface area contributed by atoms with E-state index in [4.69, 9.17) is 5.21 Å². The first kappa shape index (κ1) is 21.0. The van der Waals surface area contributed by atoms with Crippen LogP contribution in [0.3, 0.4) is 0 Å². The molecule has 3 N–H and O–H groups in total. The predicted octanol–water partition coefficient (Wildman–Crippen LogP) is 1.49. The normalized spacial score (nSPS) is 10.6. The third-order valence-electron chi connectivity index (χ3n) is 3.98. The van der Waals surface area contributed by atoms with Crippen molar-refractivity contribution in [2.24, 2.45) is 0 Å². The van der Waals surface area contributed by atoms with E-state index in [1.165, 1.54) is 5.48 Å². The van der Waals surface area contributed by atoms with Gasteiger partial charge in [-0.05, 0) is 29.3 Å². The number of carbonyl (C=O) groups excluding carboxylic acids is 3. The Bertz CT molecular complexity index is 832. The standard InChI is InChI=1S/C21H22N2O5/c24-13-12-23(21(27)18-4-2-1-3-5-18)15-17-8-6-16(7-9-17)14-19(25)10-11-20(26)22-28/h1-11,24,28H,12-15H2,(H,22,26)/b11-10+. The number of benzene rings is 2. The van der Waals surface area contributed by atoms with Gasteiger partial charge in [-0.15, -0.1) is 0 Å². The number of hydrogen-bond donors (Lipinski definition) is 3. The molecule has 0 saturated heterocycles. The van der Waals surface area contributed by atoms with E-state index in [1.54, 1.807) is 41.3 Å². The van der Waals surface area contributed by atoms with Crippen LogP contribution in [0.15, 0.2) is 66.7 Å². The highest BCUT2D eigenvalue weighted by molar-refractivity contribution is 5.98. The molecule has 0 saturated carbocycles. The first-order valence-corrected chi connectivity index (χ1v) is 8.71. The summed E-state index contributed by atoms with van der Waals surface area (Å²) < 4.78 is 0. The van der Waals surface area contributed by atoms with Crippen LogP contribution in [0.1, 0.15) is 21.5 Å². The fourth-order valence-corrected chi connectivity index (χ4v) is 2.59. The predicted molar refractivity (Wildman–Crippen MR) is 102 cm³/mol. The molecule has 2 amide bonds. The second-order valence-corrected chi connectivity index (χ2v) is 6.09. The van der Waals surface area contributed by atoms with E-state index in [0.717, 1.165) is 23.3 Å². The number of ketones is 1. The van der Waals surface area contributed by atoms with Crippen molar-refractivity contribution >= 4 is 17.6 Å². The lowest BCUT2D eigenvalue weighted by molar-refractivity contribution is -0.124. The van der Waals surface area contributed by atoms with E-state index in [-0.39, 0.29) is 31.3 Å². The number of rotatable bonds is 9. The fourth-order valence-electron chi connectivity index (χ4n) is 2.59. The summed E-state index contributed by atoms with van der Waals surface area (Å²) >= 11 is 0. The molecule has 0 fully saturated rings. The number of nitrogens with zero attached hydrogens (tertiary/aromatic N) is 1. The lowest BCUT2D eigenvalue weighted by Crippen LogP contribution is -2.33. The van der Waals surface area contributed by atoms with Crippen molar-refractivity contribution < 1.29 is 24.7 Å². The fraction of sp³-hybridized carbons (Fsp3) is 0.190. The molecule has 2 aromatic carbocycles. The molecule has 7 nitrogen and oxygen atoms in total. The van der Waals surface area contributed by atoms with E-state index in [0.29, 0.717) is 12.1 Å². The van der Waals surface area contributed by atoms with Crippen LogP contribution in [-0.4, -0.2) is 46.0 Å². The summed E-state index contributed by atoms with van der Waals surface area (Å²) in [7, 11) is 0. The molecule has 7 heteroatoms. The SMILES string of the molecule is O=C(/C=C/C(=O)NO)Cc1ccc(CN(CCO)C(=O)c2ccccc2)cc1. The van der Waals surface area contributed by atoms with Crippen LogP contribution in [0, 0.1) is 0 Å². The Kier molecular flexibility index (Phi) is 8.08. The molecule has 0 atom stereocenters. The summed E-state index contributed by atoms with van der Waals surface area (Å²) in [6, 6.07) is 16.0. The van der Waals surface area contributed by atoms with Gasteiger partial charge in [-0.3, -0.25) is 19.6 Å². The second kappa shape index (κ2) is 10.8. The monoisotopic (exact) mass is 382 g/mol. The molecule has 0 aliphatic carbocycles. The number of carbonyl (C=O) groups is 3.